The SMILES string of the molecule is O=C(OCc1ccccc1)N1CC=C(OS(=O)(=O)C(F)(F)F)C12CCOC2. The Morgan fingerprint density at radius 2 is 1.96 bits per heavy atom. The van der Waals surface area contributed by atoms with Gasteiger partial charge in [0.15, 0.2) is 0 Å². The quantitative estimate of drug-likeness (QED) is 0.564. The molecule has 1 unspecified atom stereocenters. The van der Waals surface area contributed by atoms with E-state index in [1.807, 2.05) is 0 Å². The van der Waals surface area contributed by atoms with Crippen molar-refractivity contribution in [3.63, 3.8) is 0 Å². The fourth-order valence-electron chi connectivity index (χ4n) is 2.96. The molecule has 1 fully saturated rings. The van der Waals surface area contributed by atoms with Crippen molar-refractivity contribution in [1.82, 2.24) is 4.90 Å². The van der Waals surface area contributed by atoms with Crippen LogP contribution >= 0.6 is 0 Å². The van der Waals surface area contributed by atoms with Crippen molar-refractivity contribution in [2.75, 3.05) is 19.8 Å². The van der Waals surface area contributed by atoms with Crippen molar-refractivity contribution in [2.24, 2.45) is 0 Å². The first kappa shape index (κ1) is 19.5. The summed E-state index contributed by atoms with van der Waals surface area (Å²) in [5.41, 5.74) is -6.28. The van der Waals surface area contributed by atoms with Gasteiger partial charge in [-0.25, -0.2) is 4.79 Å². The summed E-state index contributed by atoms with van der Waals surface area (Å²) in [6.45, 7) is -0.244. The molecule has 7 nitrogen and oxygen atoms in total. The minimum absolute atomic E-state index is 0.0375. The lowest BCUT2D eigenvalue weighted by molar-refractivity contribution is -0.0534. The van der Waals surface area contributed by atoms with E-state index in [0.717, 1.165) is 16.5 Å². The van der Waals surface area contributed by atoms with Gasteiger partial charge in [0, 0.05) is 19.6 Å². The molecule has 3 rings (SSSR count). The molecular weight excluding hydrogens is 391 g/mol. The first-order valence-corrected chi connectivity index (χ1v) is 9.34. The second-order valence-electron chi connectivity index (χ2n) is 6.04. The van der Waals surface area contributed by atoms with Crippen molar-refractivity contribution in [3.8, 4) is 0 Å². The molecule has 2 aliphatic rings. The Morgan fingerprint density at radius 1 is 1.26 bits per heavy atom. The zero-order valence-electron chi connectivity index (χ0n) is 13.9. The predicted molar refractivity (Wildman–Crippen MR) is 85.6 cm³/mol. The summed E-state index contributed by atoms with van der Waals surface area (Å²) in [6.07, 6.45) is 0.414. The lowest BCUT2D eigenvalue weighted by Crippen LogP contribution is -2.51. The number of amides is 1. The third kappa shape index (κ3) is 3.74. The molecule has 1 aromatic rings. The lowest BCUT2D eigenvalue weighted by atomic mass is 9.97. The molecule has 0 aliphatic carbocycles. The Bertz CT molecular complexity index is 831. The van der Waals surface area contributed by atoms with Crippen LogP contribution in [0.25, 0.3) is 0 Å². The Hall–Kier alpha value is -2.27. The van der Waals surface area contributed by atoms with Gasteiger partial charge in [-0.1, -0.05) is 30.3 Å². The highest BCUT2D eigenvalue weighted by molar-refractivity contribution is 7.87. The van der Waals surface area contributed by atoms with Gasteiger partial charge < -0.3 is 13.7 Å². The molecule has 2 heterocycles. The fraction of sp³-hybridized carbons (Fsp3) is 0.438. The highest BCUT2D eigenvalue weighted by Crippen LogP contribution is 2.41. The molecule has 11 heteroatoms. The monoisotopic (exact) mass is 407 g/mol. The van der Waals surface area contributed by atoms with Gasteiger partial charge in [0.25, 0.3) is 0 Å². The molecule has 1 atom stereocenters. The van der Waals surface area contributed by atoms with Gasteiger partial charge in [-0.2, -0.15) is 21.6 Å². The maximum Gasteiger partial charge on any atom is 0.534 e. The van der Waals surface area contributed by atoms with Gasteiger partial charge in [0.05, 0.1) is 6.61 Å². The summed E-state index contributed by atoms with van der Waals surface area (Å²) >= 11 is 0. The highest BCUT2D eigenvalue weighted by atomic mass is 32.2. The zero-order valence-corrected chi connectivity index (χ0v) is 14.8. The predicted octanol–water partition coefficient (Wildman–Crippen LogP) is 2.55. The summed E-state index contributed by atoms with van der Waals surface area (Å²) in [4.78, 5) is 13.6. The molecule has 0 bridgehead atoms. The molecule has 1 saturated heterocycles. The first-order valence-electron chi connectivity index (χ1n) is 7.93. The number of carbonyl (C=O) groups excluding carboxylic acids is 1. The van der Waals surface area contributed by atoms with Crippen molar-refractivity contribution in [1.29, 1.82) is 0 Å². The Morgan fingerprint density at radius 3 is 2.56 bits per heavy atom. The molecule has 2 aliphatic heterocycles. The van der Waals surface area contributed by atoms with Gasteiger partial charge in [-0.05, 0) is 11.6 Å². The van der Waals surface area contributed by atoms with E-state index in [1.165, 1.54) is 0 Å². The number of benzene rings is 1. The number of hydrogen-bond acceptors (Lipinski definition) is 6. The fourth-order valence-corrected chi connectivity index (χ4v) is 3.51. The molecule has 0 N–H and O–H groups in total. The van der Waals surface area contributed by atoms with E-state index in [4.69, 9.17) is 9.47 Å². The van der Waals surface area contributed by atoms with Crippen LogP contribution in [-0.2, 0) is 30.4 Å². The number of nitrogens with zero attached hydrogens (tertiary/aromatic N) is 1. The van der Waals surface area contributed by atoms with E-state index in [9.17, 15) is 26.4 Å². The zero-order chi connectivity index (χ0) is 19.7. The number of halogens is 3. The van der Waals surface area contributed by atoms with Gasteiger partial charge in [0.1, 0.15) is 17.9 Å². The number of hydrogen-bond donors (Lipinski definition) is 0. The molecule has 0 aromatic heterocycles. The van der Waals surface area contributed by atoms with E-state index in [2.05, 4.69) is 4.18 Å². The van der Waals surface area contributed by atoms with Crippen molar-refractivity contribution in [2.45, 2.75) is 24.1 Å². The summed E-state index contributed by atoms with van der Waals surface area (Å²) in [7, 11) is -5.85. The van der Waals surface area contributed by atoms with Crippen LogP contribution in [0.1, 0.15) is 12.0 Å². The average molecular weight is 407 g/mol. The molecule has 0 saturated carbocycles. The summed E-state index contributed by atoms with van der Waals surface area (Å²) in [5.74, 6) is -0.478. The maximum absolute atomic E-state index is 12.6. The topological polar surface area (TPSA) is 82.1 Å². The lowest BCUT2D eigenvalue weighted by Gasteiger charge is -2.34. The number of ether oxygens (including phenoxy) is 2. The normalized spacial score (nSPS) is 22.8. The van der Waals surface area contributed by atoms with Crippen LogP contribution in [0.5, 0.6) is 0 Å². The maximum atomic E-state index is 12.6. The molecule has 1 amide bonds. The molecule has 27 heavy (non-hydrogen) atoms. The van der Waals surface area contributed by atoms with Gasteiger partial charge in [-0.15, -0.1) is 0 Å². The highest BCUT2D eigenvalue weighted by Gasteiger charge is 2.56. The number of rotatable bonds is 4. The Balaban J connectivity index is 1.75. The van der Waals surface area contributed by atoms with Crippen LogP contribution in [0.15, 0.2) is 42.2 Å². The van der Waals surface area contributed by atoms with Crippen LogP contribution in [0.3, 0.4) is 0 Å². The molecular formula is C16H16F3NO6S. The number of alkyl halides is 3. The van der Waals surface area contributed by atoms with E-state index >= 15 is 0 Å². The minimum atomic E-state index is -5.85. The smallest absolute Gasteiger partial charge is 0.445 e. The Labute approximate surface area is 153 Å². The molecule has 1 aromatic carbocycles. The Kier molecular flexibility index (Phi) is 5.08. The van der Waals surface area contributed by atoms with Crippen LogP contribution in [0.4, 0.5) is 18.0 Å². The standard InChI is InChI=1S/C16H16F3NO6S/c17-16(18,19)27(22,23)26-13-6-8-20(15(13)7-9-24-11-15)14(21)25-10-12-4-2-1-3-5-12/h1-6H,7-11H2. The van der Waals surface area contributed by atoms with E-state index in [0.29, 0.717) is 0 Å². The van der Waals surface area contributed by atoms with E-state index in [-0.39, 0.29) is 32.8 Å². The van der Waals surface area contributed by atoms with E-state index < -0.39 is 33.0 Å². The van der Waals surface area contributed by atoms with E-state index in [1.54, 1.807) is 30.3 Å². The second kappa shape index (κ2) is 7.04. The molecule has 148 valence electrons. The van der Waals surface area contributed by atoms with Crippen molar-refractivity contribution < 1.29 is 40.0 Å². The largest absolute Gasteiger partial charge is 0.534 e. The summed E-state index contributed by atoms with van der Waals surface area (Å²) in [5, 5.41) is 0. The average Bonchev–Trinajstić information content (AvgIpc) is 3.22. The summed E-state index contributed by atoms with van der Waals surface area (Å²) < 4.78 is 75.4. The molecule has 1 spiro atoms. The van der Waals surface area contributed by atoms with Gasteiger partial charge in [0.2, 0.25) is 0 Å². The molecule has 0 radical (unpaired) electrons. The van der Waals surface area contributed by atoms with Crippen LogP contribution in [0, 0.1) is 0 Å². The van der Waals surface area contributed by atoms with Crippen LogP contribution < -0.4 is 0 Å². The minimum Gasteiger partial charge on any atom is -0.445 e. The van der Waals surface area contributed by atoms with Gasteiger partial charge in [-0.3, -0.25) is 4.90 Å². The van der Waals surface area contributed by atoms with Gasteiger partial charge >= 0.3 is 21.7 Å². The number of carbonyl (C=O) groups is 1. The van der Waals surface area contributed by atoms with Crippen LogP contribution in [0.2, 0.25) is 0 Å². The summed E-state index contributed by atoms with van der Waals surface area (Å²) in [6, 6.07) is 8.82. The van der Waals surface area contributed by atoms with Crippen LogP contribution in [-0.4, -0.2) is 50.2 Å². The van der Waals surface area contributed by atoms with Crippen molar-refractivity contribution >= 4 is 16.2 Å². The van der Waals surface area contributed by atoms with Crippen molar-refractivity contribution in [3.05, 3.63) is 47.7 Å². The third-order valence-corrected chi connectivity index (χ3v) is 5.31. The second-order valence-corrected chi connectivity index (χ2v) is 7.57. The third-order valence-electron chi connectivity index (χ3n) is 4.34. The first-order chi connectivity index (χ1) is 12.7.